The maximum Gasteiger partial charge on any atom is 0.333 e. The number of benzene rings is 2. The molecule has 2 heterocycles. The fourth-order valence-electron chi connectivity index (χ4n) is 3.22. The van der Waals surface area contributed by atoms with Gasteiger partial charge in [-0.15, -0.1) is 0 Å². The third-order valence-corrected chi connectivity index (χ3v) is 4.56. The summed E-state index contributed by atoms with van der Waals surface area (Å²) in [5.74, 6) is -4.99. The van der Waals surface area contributed by atoms with E-state index in [9.17, 15) is 28.8 Å². The molecule has 0 saturated carbocycles. The molecule has 9 nitrogen and oxygen atoms in total. The number of hydrogen-bond donors (Lipinski definition) is 0. The second-order valence-corrected chi connectivity index (χ2v) is 6.33. The highest BCUT2D eigenvalue weighted by atomic mass is 16.6. The molecule has 144 valence electrons. The van der Waals surface area contributed by atoms with Crippen LogP contribution in [0.15, 0.2) is 48.5 Å². The number of hydrogen-bond acceptors (Lipinski definition) is 7. The fourth-order valence-corrected chi connectivity index (χ4v) is 3.22. The van der Waals surface area contributed by atoms with Gasteiger partial charge in [-0.3, -0.25) is 29.0 Å². The van der Waals surface area contributed by atoms with Crippen LogP contribution in [0.3, 0.4) is 0 Å². The number of amides is 4. The molecular formula is C20H12N2O7. The highest BCUT2D eigenvalue weighted by molar-refractivity contribution is 6.23. The summed E-state index contributed by atoms with van der Waals surface area (Å²) in [4.78, 5) is 74.3. The fraction of sp³-hybridized carbons (Fsp3) is 0.100. The summed E-state index contributed by atoms with van der Waals surface area (Å²) in [6.07, 6.45) is 0. The van der Waals surface area contributed by atoms with Crippen molar-refractivity contribution < 1.29 is 33.5 Å². The van der Waals surface area contributed by atoms with Crippen molar-refractivity contribution in [3.63, 3.8) is 0 Å². The Hall–Kier alpha value is -4.14. The lowest BCUT2D eigenvalue weighted by molar-refractivity contribution is -0.160. The molecule has 2 aromatic carbocycles. The number of ether oxygens (including phenoxy) is 1. The van der Waals surface area contributed by atoms with Gasteiger partial charge in [0.2, 0.25) is 0 Å². The molecule has 0 atom stereocenters. The third kappa shape index (κ3) is 2.98. The molecule has 4 rings (SSSR count). The molecule has 0 unspecified atom stereocenters. The second kappa shape index (κ2) is 6.79. The predicted molar refractivity (Wildman–Crippen MR) is 94.7 cm³/mol. The van der Waals surface area contributed by atoms with Crippen LogP contribution in [0.25, 0.3) is 0 Å². The average Bonchev–Trinajstić information content (AvgIpc) is 3.09. The van der Waals surface area contributed by atoms with Crippen molar-refractivity contribution in [1.29, 1.82) is 0 Å². The Morgan fingerprint density at radius 1 is 0.586 bits per heavy atom. The number of rotatable bonds is 4. The summed E-state index contributed by atoms with van der Waals surface area (Å²) >= 11 is 0. The molecule has 0 aliphatic carbocycles. The molecular weight excluding hydrogens is 380 g/mol. The molecule has 0 N–H and O–H groups in total. The van der Waals surface area contributed by atoms with Crippen molar-refractivity contribution in [1.82, 2.24) is 9.80 Å². The van der Waals surface area contributed by atoms with Crippen LogP contribution in [0, 0.1) is 0 Å². The predicted octanol–water partition coefficient (Wildman–Crippen LogP) is 0.649. The number of carbonyl (C=O) groups is 6. The van der Waals surface area contributed by atoms with Gasteiger partial charge in [-0.25, -0.2) is 9.59 Å². The standard InChI is InChI=1S/C20H12N2O7/c23-15(9-21-17(25)11-5-1-2-6-12(11)18(21)26)29-16(24)10-22-19(27)13-7-3-4-8-14(13)20(22)28/h1-8H,9-10H2. The zero-order chi connectivity index (χ0) is 20.7. The van der Waals surface area contributed by atoms with Gasteiger partial charge in [0.1, 0.15) is 13.1 Å². The van der Waals surface area contributed by atoms with Crippen molar-refractivity contribution in [2.24, 2.45) is 0 Å². The number of nitrogens with zero attached hydrogens (tertiary/aromatic N) is 2. The van der Waals surface area contributed by atoms with Crippen LogP contribution in [0.4, 0.5) is 0 Å². The summed E-state index contributed by atoms with van der Waals surface area (Å²) in [5.41, 5.74) is 0.621. The van der Waals surface area contributed by atoms with Crippen molar-refractivity contribution >= 4 is 35.6 Å². The van der Waals surface area contributed by atoms with Crippen LogP contribution in [0.5, 0.6) is 0 Å². The first-order chi connectivity index (χ1) is 13.9. The normalized spacial score (nSPS) is 14.9. The van der Waals surface area contributed by atoms with Gasteiger partial charge in [-0.2, -0.15) is 0 Å². The van der Waals surface area contributed by atoms with E-state index >= 15 is 0 Å². The lowest BCUT2D eigenvalue weighted by atomic mass is 10.1. The maximum atomic E-state index is 12.2. The molecule has 0 saturated heterocycles. The Kier molecular flexibility index (Phi) is 4.27. The van der Waals surface area contributed by atoms with E-state index in [2.05, 4.69) is 4.74 Å². The minimum absolute atomic E-state index is 0.155. The van der Waals surface area contributed by atoms with Crippen LogP contribution >= 0.6 is 0 Å². The Bertz CT molecular complexity index is 964. The van der Waals surface area contributed by atoms with Crippen LogP contribution in [0.2, 0.25) is 0 Å². The van der Waals surface area contributed by atoms with Crippen LogP contribution < -0.4 is 0 Å². The van der Waals surface area contributed by atoms with E-state index < -0.39 is 48.7 Å². The first-order valence-electron chi connectivity index (χ1n) is 8.52. The quantitative estimate of drug-likeness (QED) is 0.426. The van der Waals surface area contributed by atoms with Gasteiger partial charge in [-0.05, 0) is 24.3 Å². The summed E-state index contributed by atoms with van der Waals surface area (Å²) < 4.78 is 4.60. The van der Waals surface area contributed by atoms with Gasteiger partial charge < -0.3 is 4.74 Å². The molecule has 2 aliphatic heterocycles. The highest BCUT2D eigenvalue weighted by Gasteiger charge is 2.39. The van der Waals surface area contributed by atoms with E-state index in [0.29, 0.717) is 9.80 Å². The van der Waals surface area contributed by atoms with E-state index in [0.717, 1.165) is 0 Å². The molecule has 9 heteroatoms. The van der Waals surface area contributed by atoms with Crippen LogP contribution in [0.1, 0.15) is 41.4 Å². The summed E-state index contributed by atoms with van der Waals surface area (Å²) in [6, 6.07) is 12.1. The molecule has 0 fully saturated rings. The highest BCUT2D eigenvalue weighted by Crippen LogP contribution is 2.23. The van der Waals surface area contributed by atoms with Gasteiger partial charge in [0.25, 0.3) is 23.6 Å². The molecule has 29 heavy (non-hydrogen) atoms. The SMILES string of the molecule is O=C(CN1C(=O)c2ccccc2C1=O)OC(=O)CN1C(=O)c2ccccc2C1=O. The minimum atomic E-state index is -1.15. The van der Waals surface area contributed by atoms with Gasteiger partial charge in [0, 0.05) is 0 Å². The van der Waals surface area contributed by atoms with Gasteiger partial charge in [0.05, 0.1) is 22.3 Å². The number of esters is 2. The molecule has 2 aliphatic rings. The zero-order valence-electron chi connectivity index (χ0n) is 14.8. The van der Waals surface area contributed by atoms with Gasteiger partial charge in [-0.1, -0.05) is 24.3 Å². The Labute approximate surface area is 163 Å². The molecule has 0 radical (unpaired) electrons. The topological polar surface area (TPSA) is 118 Å². The molecule has 2 aromatic rings. The van der Waals surface area contributed by atoms with Crippen molar-refractivity contribution in [2.45, 2.75) is 0 Å². The third-order valence-electron chi connectivity index (χ3n) is 4.56. The second-order valence-electron chi connectivity index (χ2n) is 6.33. The Morgan fingerprint density at radius 2 is 0.862 bits per heavy atom. The summed E-state index contributed by atoms with van der Waals surface area (Å²) in [6.45, 7) is -1.53. The number of imide groups is 2. The van der Waals surface area contributed by atoms with Gasteiger partial charge in [0.15, 0.2) is 0 Å². The van der Waals surface area contributed by atoms with E-state index in [1.165, 1.54) is 24.3 Å². The van der Waals surface area contributed by atoms with E-state index in [4.69, 9.17) is 0 Å². The first-order valence-corrected chi connectivity index (χ1v) is 8.52. The van der Waals surface area contributed by atoms with Crippen molar-refractivity contribution in [3.8, 4) is 0 Å². The Balaban J connectivity index is 1.38. The lowest BCUT2D eigenvalue weighted by Gasteiger charge is -2.14. The summed E-state index contributed by atoms with van der Waals surface area (Å²) in [5, 5.41) is 0. The number of carbonyl (C=O) groups excluding carboxylic acids is 6. The maximum absolute atomic E-state index is 12.2. The van der Waals surface area contributed by atoms with E-state index in [1.54, 1.807) is 24.3 Å². The zero-order valence-corrected chi connectivity index (χ0v) is 14.8. The molecule has 0 bridgehead atoms. The largest absolute Gasteiger partial charge is 0.390 e. The van der Waals surface area contributed by atoms with Gasteiger partial charge >= 0.3 is 11.9 Å². The van der Waals surface area contributed by atoms with Crippen LogP contribution in [-0.4, -0.2) is 58.5 Å². The van der Waals surface area contributed by atoms with Crippen LogP contribution in [-0.2, 0) is 14.3 Å². The average molecular weight is 392 g/mol. The molecule has 0 aromatic heterocycles. The van der Waals surface area contributed by atoms with Crippen molar-refractivity contribution in [3.05, 3.63) is 70.8 Å². The smallest absolute Gasteiger partial charge is 0.333 e. The Morgan fingerprint density at radius 3 is 1.14 bits per heavy atom. The van der Waals surface area contributed by atoms with E-state index in [1.807, 2.05) is 0 Å². The molecule has 4 amide bonds. The van der Waals surface area contributed by atoms with Crippen molar-refractivity contribution in [2.75, 3.05) is 13.1 Å². The first kappa shape index (κ1) is 18.2. The van der Waals surface area contributed by atoms with E-state index in [-0.39, 0.29) is 22.3 Å². The minimum Gasteiger partial charge on any atom is -0.390 e. The lowest BCUT2D eigenvalue weighted by Crippen LogP contribution is -2.39. The summed E-state index contributed by atoms with van der Waals surface area (Å²) in [7, 11) is 0. The molecule has 0 spiro atoms. The monoisotopic (exact) mass is 392 g/mol. The number of fused-ring (bicyclic) bond motifs is 2.